The van der Waals surface area contributed by atoms with E-state index < -0.39 is 76.9 Å². The Morgan fingerprint density at radius 1 is 1.07 bits per heavy atom. The molecule has 1 aliphatic carbocycles. The van der Waals surface area contributed by atoms with Crippen molar-refractivity contribution in [3.8, 4) is 0 Å². The molecule has 13 nitrogen and oxygen atoms in total. The molecule has 0 bridgehead atoms. The lowest BCUT2D eigenvalue weighted by Gasteiger charge is -2.30. The third kappa shape index (κ3) is 8.82. The number of halogens is 2. The van der Waals surface area contributed by atoms with Gasteiger partial charge in [-0.1, -0.05) is 37.1 Å². The number of fused-ring (bicyclic) bond motifs is 3. The maximum atomic E-state index is 14.4. The van der Waals surface area contributed by atoms with Crippen LogP contribution in [0.5, 0.6) is 0 Å². The Bertz CT molecular complexity index is 1800. The van der Waals surface area contributed by atoms with Crippen LogP contribution < -0.4 is 16.0 Å². The van der Waals surface area contributed by atoms with Gasteiger partial charge in [-0.25, -0.2) is 18.4 Å². The molecule has 3 aliphatic heterocycles. The summed E-state index contributed by atoms with van der Waals surface area (Å²) in [6.07, 6.45) is 5.90. The smallest absolute Gasteiger partial charge is 0.410 e. The van der Waals surface area contributed by atoms with Crippen LogP contribution >= 0.6 is 0 Å². The van der Waals surface area contributed by atoms with E-state index in [0.29, 0.717) is 36.1 Å². The van der Waals surface area contributed by atoms with Gasteiger partial charge >= 0.3 is 12.2 Å². The second-order valence-corrected chi connectivity index (χ2v) is 15.6. The Balaban J connectivity index is 1.25. The van der Waals surface area contributed by atoms with Crippen molar-refractivity contribution in [2.75, 3.05) is 6.54 Å². The quantitative estimate of drug-likeness (QED) is 0.363. The van der Waals surface area contributed by atoms with Crippen molar-refractivity contribution in [3.05, 3.63) is 77.1 Å². The number of nitrogens with zero attached hydrogens (tertiary/aromatic N) is 3. The predicted octanol–water partition coefficient (Wildman–Crippen LogP) is 4.95. The summed E-state index contributed by atoms with van der Waals surface area (Å²) in [6.45, 7) is 6.84. The molecule has 6 rings (SSSR count). The zero-order valence-corrected chi connectivity index (χ0v) is 31.0. The number of pyridine rings is 1. The van der Waals surface area contributed by atoms with Gasteiger partial charge in [0.2, 0.25) is 17.7 Å². The third-order valence-corrected chi connectivity index (χ3v) is 10.3. The number of carbonyl (C=O) groups is 5. The van der Waals surface area contributed by atoms with Crippen LogP contribution in [0.4, 0.5) is 18.4 Å². The Kier molecular flexibility index (Phi) is 11.2. The second-order valence-electron chi connectivity index (χ2n) is 15.6. The van der Waals surface area contributed by atoms with Crippen LogP contribution in [-0.4, -0.2) is 80.6 Å². The third-order valence-electron chi connectivity index (χ3n) is 10.3. The molecule has 1 aromatic heterocycles. The van der Waals surface area contributed by atoms with Crippen LogP contribution in [0.15, 0.2) is 48.7 Å². The Hall–Kier alpha value is -5.08. The van der Waals surface area contributed by atoms with Crippen LogP contribution in [0.3, 0.4) is 0 Å². The topological polar surface area (TPSA) is 159 Å². The summed E-state index contributed by atoms with van der Waals surface area (Å²) >= 11 is 0. The number of nitrogens with one attached hydrogen (secondary N) is 3. The van der Waals surface area contributed by atoms with Crippen LogP contribution in [0, 0.1) is 17.6 Å². The van der Waals surface area contributed by atoms with Crippen LogP contribution in [0.1, 0.15) is 95.5 Å². The first-order valence-electron chi connectivity index (χ1n) is 18.6. The summed E-state index contributed by atoms with van der Waals surface area (Å²) in [5.74, 6) is -2.91. The van der Waals surface area contributed by atoms with Crippen molar-refractivity contribution in [3.63, 3.8) is 0 Å². The van der Waals surface area contributed by atoms with E-state index in [1.807, 2.05) is 12.2 Å². The molecule has 54 heavy (non-hydrogen) atoms. The molecule has 2 fully saturated rings. The lowest BCUT2D eigenvalue weighted by molar-refractivity contribution is -0.141. The fourth-order valence-electron chi connectivity index (χ4n) is 7.39. The van der Waals surface area contributed by atoms with Crippen molar-refractivity contribution in [1.29, 1.82) is 0 Å². The number of ether oxygens (including phenoxy) is 2. The van der Waals surface area contributed by atoms with Gasteiger partial charge in [-0.2, -0.15) is 0 Å². The number of hydrogen-bond donors (Lipinski definition) is 3. The van der Waals surface area contributed by atoms with Crippen molar-refractivity contribution < 1.29 is 42.2 Å². The molecule has 0 unspecified atom stereocenters. The first-order valence-corrected chi connectivity index (χ1v) is 18.6. The first-order chi connectivity index (χ1) is 25.6. The van der Waals surface area contributed by atoms with Gasteiger partial charge in [0.15, 0.2) is 0 Å². The molecule has 1 saturated heterocycles. The minimum absolute atomic E-state index is 0.0143. The normalized spacial score (nSPS) is 26.9. The highest BCUT2D eigenvalue weighted by atomic mass is 19.1. The SMILES string of the molecule is C[C@@H](NC(=O)[C@@]12C[C@@H]1/C=C\CCCCC[C@H](NC(=O)OC(C)(C)C)C(=O)N1C[C@H](OC(=O)N3Cc4cccc(F)c4C3)C[C@H]1C(=O)N2)c1ccc(F)cn1. The monoisotopic (exact) mass is 750 g/mol. The van der Waals surface area contributed by atoms with Crippen molar-refractivity contribution in [2.45, 2.75) is 121 Å². The summed E-state index contributed by atoms with van der Waals surface area (Å²) < 4.78 is 39.3. The fourth-order valence-corrected chi connectivity index (χ4v) is 7.39. The molecule has 0 radical (unpaired) electrons. The van der Waals surface area contributed by atoms with Gasteiger partial charge in [-0.3, -0.25) is 24.3 Å². The van der Waals surface area contributed by atoms with E-state index in [2.05, 4.69) is 20.9 Å². The van der Waals surface area contributed by atoms with Crippen molar-refractivity contribution >= 4 is 29.9 Å². The molecule has 4 heterocycles. The van der Waals surface area contributed by atoms with E-state index in [1.54, 1.807) is 39.8 Å². The molecule has 290 valence electrons. The number of alkyl carbamates (subject to hydrolysis) is 1. The Morgan fingerprint density at radius 3 is 2.59 bits per heavy atom. The molecular formula is C39H48F2N6O7. The molecule has 6 atom stereocenters. The molecule has 4 aliphatic rings. The van der Waals surface area contributed by atoms with Gasteiger partial charge in [-0.05, 0) is 77.1 Å². The fraction of sp³-hybridized carbons (Fsp3) is 0.538. The highest BCUT2D eigenvalue weighted by molar-refractivity contribution is 5.98. The molecule has 2 aromatic rings. The van der Waals surface area contributed by atoms with E-state index in [4.69, 9.17) is 9.47 Å². The Morgan fingerprint density at radius 2 is 1.87 bits per heavy atom. The number of allylic oxidation sites excluding steroid dienone is 1. The maximum Gasteiger partial charge on any atom is 0.410 e. The number of carbonyl (C=O) groups excluding carboxylic acids is 5. The van der Waals surface area contributed by atoms with Gasteiger partial charge in [0, 0.05) is 24.4 Å². The average Bonchev–Trinajstić information content (AvgIpc) is 3.40. The molecule has 5 amide bonds. The van der Waals surface area contributed by atoms with E-state index in [9.17, 15) is 32.8 Å². The number of hydrogen-bond acceptors (Lipinski definition) is 8. The van der Waals surface area contributed by atoms with Gasteiger partial charge < -0.3 is 30.3 Å². The molecule has 1 aromatic carbocycles. The lowest BCUT2D eigenvalue weighted by Crippen LogP contribution is -2.58. The minimum atomic E-state index is -1.34. The van der Waals surface area contributed by atoms with Gasteiger partial charge in [0.05, 0.1) is 31.0 Å². The summed E-state index contributed by atoms with van der Waals surface area (Å²) in [5, 5.41) is 8.56. The minimum Gasteiger partial charge on any atom is -0.444 e. The molecule has 0 spiro atoms. The van der Waals surface area contributed by atoms with E-state index >= 15 is 0 Å². The van der Waals surface area contributed by atoms with E-state index in [0.717, 1.165) is 19.0 Å². The van der Waals surface area contributed by atoms with Crippen molar-refractivity contribution in [1.82, 2.24) is 30.7 Å². The number of amides is 5. The molecule has 1 saturated carbocycles. The van der Waals surface area contributed by atoms with Gasteiger partial charge in [-0.15, -0.1) is 0 Å². The van der Waals surface area contributed by atoms with E-state index in [1.165, 1.54) is 28.0 Å². The zero-order valence-electron chi connectivity index (χ0n) is 31.0. The van der Waals surface area contributed by atoms with Crippen LogP contribution in [-0.2, 0) is 36.9 Å². The summed E-state index contributed by atoms with van der Waals surface area (Å²) in [4.78, 5) is 75.7. The standard InChI is InChI=1S/C39H48F2N6O7/c1-23(30-16-15-26(40)19-42-30)43-35(50)39-18-25(39)12-8-6-5-7-9-14-31(44-36(51)54-38(2,3)4)34(49)47-21-27(17-32(47)33(48)45-39)53-37(52)46-20-24-11-10-13-29(41)28(24)22-46/h8,10-13,15-16,19,23,25,27,31-32H,5-7,9,14,17-18,20-22H2,1-4H3,(H,43,50)(H,44,51)(H,45,48)/b12-8-/t23-,25+,27-,31+,32+,39-/m1/s1. The molecular weight excluding hydrogens is 702 g/mol. The Labute approximate surface area is 313 Å². The molecule has 3 N–H and O–H groups in total. The van der Waals surface area contributed by atoms with E-state index in [-0.39, 0.29) is 38.4 Å². The van der Waals surface area contributed by atoms with Gasteiger partial charge in [0.25, 0.3) is 0 Å². The highest BCUT2D eigenvalue weighted by Gasteiger charge is 2.61. The van der Waals surface area contributed by atoms with Gasteiger partial charge in [0.1, 0.15) is 41.0 Å². The highest BCUT2D eigenvalue weighted by Crippen LogP contribution is 2.46. The number of rotatable bonds is 5. The second kappa shape index (κ2) is 15.7. The lowest BCUT2D eigenvalue weighted by atomic mass is 10.0. The maximum absolute atomic E-state index is 14.4. The summed E-state index contributed by atoms with van der Waals surface area (Å²) in [6, 6.07) is 4.55. The summed E-state index contributed by atoms with van der Waals surface area (Å²) in [7, 11) is 0. The van der Waals surface area contributed by atoms with Crippen LogP contribution in [0.2, 0.25) is 0 Å². The molecule has 15 heteroatoms. The first kappa shape index (κ1) is 38.6. The average molecular weight is 751 g/mol. The van der Waals surface area contributed by atoms with Crippen molar-refractivity contribution in [2.24, 2.45) is 5.92 Å². The van der Waals surface area contributed by atoms with Crippen LogP contribution in [0.25, 0.3) is 0 Å². The number of benzene rings is 1. The number of aromatic nitrogens is 1. The summed E-state index contributed by atoms with van der Waals surface area (Å²) in [5.41, 5.74) is -0.669. The zero-order chi connectivity index (χ0) is 38.8. The predicted molar refractivity (Wildman–Crippen MR) is 191 cm³/mol. The largest absolute Gasteiger partial charge is 0.444 e.